The van der Waals surface area contributed by atoms with E-state index >= 15 is 0 Å². The Bertz CT molecular complexity index is 682. The van der Waals surface area contributed by atoms with Crippen LogP contribution in [0.3, 0.4) is 0 Å². The average Bonchev–Trinajstić information content (AvgIpc) is 2.84. The number of hydrogen-bond acceptors (Lipinski definition) is 3. The summed E-state index contributed by atoms with van der Waals surface area (Å²) >= 11 is 0. The van der Waals surface area contributed by atoms with Crippen LogP contribution in [0.25, 0.3) is 10.9 Å². The van der Waals surface area contributed by atoms with Gasteiger partial charge in [-0.15, -0.1) is 0 Å². The second-order valence-corrected chi connectivity index (χ2v) is 4.35. The Balaban J connectivity index is 2.14. The molecule has 0 aliphatic heterocycles. The van der Waals surface area contributed by atoms with Gasteiger partial charge in [0, 0.05) is 30.4 Å². The van der Waals surface area contributed by atoms with Gasteiger partial charge in [-0.2, -0.15) is 5.10 Å². The maximum atomic E-state index is 6.30. The van der Waals surface area contributed by atoms with Crippen molar-refractivity contribution in [3.8, 4) is 0 Å². The maximum Gasteiger partial charge on any atom is 0.0753 e. The van der Waals surface area contributed by atoms with Crippen molar-refractivity contribution in [2.45, 2.75) is 6.04 Å². The third-order valence-electron chi connectivity index (χ3n) is 3.08. The molecular formula is C14H14N4. The Hall–Kier alpha value is -2.20. The highest BCUT2D eigenvalue weighted by Crippen LogP contribution is 2.25. The molecule has 90 valence electrons. The fourth-order valence-electron chi connectivity index (χ4n) is 2.16. The SMILES string of the molecule is Cn1cc(C(N)c2cccc3cccnc23)cn1. The fraction of sp³-hybridized carbons (Fsp3) is 0.143. The minimum Gasteiger partial charge on any atom is -0.320 e. The third kappa shape index (κ3) is 1.76. The quantitative estimate of drug-likeness (QED) is 0.743. The smallest absolute Gasteiger partial charge is 0.0753 e. The predicted octanol–water partition coefficient (Wildman–Crippen LogP) is 2.02. The molecule has 4 nitrogen and oxygen atoms in total. The normalized spacial score (nSPS) is 12.8. The van der Waals surface area contributed by atoms with Crippen LogP contribution in [0.5, 0.6) is 0 Å². The van der Waals surface area contributed by atoms with E-state index in [1.54, 1.807) is 17.1 Å². The Morgan fingerprint density at radius 1 is 1.22 bits per heavy atom. The van der Waals surface area contributed by atoms with Crippen molar-refractivity contribution in [2.24, 2.45) is 12.8 Å². The molecule has 3 aromatic rings. The first-order chi connectivity index (χ1) is 8.75. The highest BCUT2D eigenvalue weighted by molar-refractivity contribution is 5.82. The molecule has 2 aromatic heterocycles. The molecule has 0 aliphatic carbocycles. The summed E-state index contributed by atoms with van der Waals surface area (Å²) in [6.45, 7) is 0. The third-order valence-corrected chi connectivity index (χ3v) is 3.08. The molecular weight excluding hydrogens is 224 g/mol. The highest BCUT2D eigenvalue weighted by atomic mass is 15.2. The van der Waals surface area contributed by atoms with Crippen molar-refractivity contribution < 1.29 is 0 Å². The van der Waals surface area contributed by atoms with E-state index in [0.717, 1.165) is 22.0 Å². The van der Waals surface area contributed by atoms with Gasteiger partial charge >= 0.3 is 0 Å². The Kier molecular flexibility index (Phi) is 2.57. The zero-order valence-corrected chi connectivity index (χ0v) is 10.1. The predicted molar refractivity (Wildman–Crippen MR) is 71.0 cm³/mol. The molecule has 1 unspecified atom stereocenters. The molecule has 4 heteroatoms. The van der Waals surface area contributed by atoms with Crippen LogP contribution >= 0.6 is 0 Å². The lowest BCUT2D eigenvalue weighted by Crippen LogP contribution is -2.12. The largest absolute Gasteiger partial charge is 0.320 e. The van der Waals surface area contributed by atoms with Crippen LogP contribution in [0.1, 0.15) is 17.2 Å². The van der Waals surface area contributed by atoms with Crippen molar-refractivity contribution in [2.75, 3.05) is 0 Å². The first-order valence-corrected chi connectivity index (χ1v) is 5.83. The van der Waals surface area contributed by atoms with E-state index in [1.807, 2.05) is 43.6 Å². The van der Waals surface area contributed by atoms with Gasteiger partial charge in [0.1, 0.15) is 0 Å². The number of nitrogens with two attached hydrogens (primary N) is 1. The number of hydrogen-bond donors (Lipinski definition) is 1. The number of benzene rings is 1. The van der Waals surface area contributed by atoms with E-state index in [-0.39, 0.29) is 6.04 Å². The number of pyridine rings is 1. The number of rotatable bonds is 2. The molecule has 0 saturated carbocycles. The van der Waals surface area contributed by atoms with Gasteiger partial charge in [-0.05, 0) is 11.6 Å². The summed E-state index contributed by atoms with van der Waals surface area (Å²) in [7, 11) is 1.89. The number of fused-ring (bicyclic) bond motifs is 1. The second kappa shape index (κ2) is 4.23. The van der Waals surface area contributed by atoms with Gasteiger partial charge in [-0.25, -0.2) is 0 Å². The lowest BCUT2D eigenvalue weighted by atomic mass is 9.99. The Labute approximate surface area is 105 Å². The van der Waals surface area contributed by atoms with E-state index in [9.17, 15) is 0 Å². The van der Waals surface area contributed by atoms with Crippen LogP contribution in [0.15, 0.2) is 48.9 Å². The van der Waals surface area contributed by atoms with Gasteiger partial charge < -0.3 is 5.73 Å². The first kappa shape index (κ1) is 10.9. The number of para-hydroxylation sites is 1. The summed E-state index contributed by atoms with van der Waals surface area (Å²) in [6, 6.07) is 9.85. The molecule has 0 spiro atoms. The second-order valence-electron chi connectivity index (χ2n) is 4.35. The summed E-state index contributed by atoms with van der Waals surface area (Å²) in [5.74, 6) is 0. The van der Waals surface area contributed by atoms with Crippen LogP contribution in [0.2, 0.25) is 0 Å². The molecule has 0 amide bonds. The molecule has 0 saturated heterocycles. The van der Waals surface area contributed by atoms with E-state index in [0.29, 0.717) is 0 Å². The molecule has 0 radical (unpaired) electrons. The lowest BCUT2D eigenvalue weighted by molar-refractivity contribution is 0.765. The van der Waals surface area contributed by atoms with Crippen molar-refractivity contribution in [3.63, 3.8) is 0 Å². The molecule has 3 rings (SSSR count). The standard InChI is InChI=1S/C14H14N4/c1-18-9-11(8-17-18)13(15)12-6-2-4-10-5-3-7-16-14(10)12/h2-9,13H,15H2,1H3. The van der Waals surface area contributed by atoms with Crippen LogP contribution in [-0.4, -0.2) is 14.8 Å². The van der Waals surface area contributed by atoms with Crippen molar-refractivity contribution in [1.29, 1.82) is 0 Å². The average molecular weight is 238 g/mol. The highest BCUT2D eigenvalue weighted by Gasteiger charge is 2.14. The van der Waals surface area contributed by atoms with Gasteiger partial charge in [-0.1, -0.05) is 24.3 Å². The van der Waals surface area contributed by atoms with Crippen molar-refractivity contribution in [3.05, 3.63) is 60.0 Å². The van der Waals surface area contributed by atoms with Crippen molar-refractivity contribution in [1.82, 2.24) is 14.8 Å². The summed E-state index contributed by atoms with van der Waals surface area (Å²) < 4.78 is 1.76. The molecule has 0 bridgehead atoms. The summed E-state index contributed by atoms with van der Waals surface area (Å²) in [5.41, 5.74) is 9.28. The summed E-state index contributed by atoms with van der Waals surface area (Å²) in [4.78, 5) is 4.43. The Morgan fingerprint density at radius 2 is 2.06 bits per heavy atom. The molecule has 1 atom stereocenters. The molecule has 0 aliphatic rings. The monoisotopic (exact) mass is 238 g/mol. The summed E-state index contributed by atoms with van der Waals surface area (Å²) in [6.07, 6.45) is 5.53. The topological polar surface area (TPSA) is 56.7 Å². The maximum absolute atomic E-state index is 6.30. The Morgan fingerprint density at radius 3 is 2.83 bits per heavy atom. The van der Waals surface area contributed by atoms with Gasteiger partial charge in [-0.3, -0.25) is 9.67 Å². The fourth-order valence-corrected chi connectivity index (χ4v) is 2.16. The minimum absolute atomic E-state index is 0.197. The van der Waals surface area contributed by atoms with Gasteiger partial charge in [0.15, 0.2) is 0 Å². The number of nitrogens with zero attached hydrogens (tertiary/aromatic N) is 3. The molecule has 18 heavy (non-hydrogen) atoms. The zero-order valence-electron chi connectivity index (χ0n) is 10.1. The lowest BCUT2D eigenvalue weighted by Gasteiger charge is -2.12. The summed E-state index contributed by atoms with van der Waals surface area (Å²) in [5, 5.41) is 5.27. The van der Waals surface area contributed by atoms with Gasteiger partial charge in [0.2, 0.25) is 0 Å². The number of aromatic nitrogens is 3. The van der Waals surface area contributed by atoms with E-state index in [1.165, 1.54) is 0 Å². The van der Waals surface area contributed by atoms with Crippen LogP contribution in [-0.2, 0) is 7.05 Å². The van der Waals surface area contributed by atoms with Gasteiger partial charge in [0.05, 0.1) is 17.8 Å². The van der Waals surface area contributed by atoms with Crippen LogP contribution < -0.4 is 5.73 Å². The minimum atomic E-state index is -0.197. The van der Waals surface area contributed by atoms with Gasteiger partial charge in [0.25, 0.3) is 0 Å². The van der Waals surface area contributed by atoms with Crippen LogP contribution in [0.4, 0.5) is 0 Å². The first-order valence-electron chi connectivity index (χ1n) is 5.83. The van der Waals surface area contributed by atoms with E-state index in [4.69, 9.17) is 5.73 Å². The molecule has 2 heterocycles. The molecule has 2 N–H and O–H groups in total. The van der Waals surface area contributed by atoms with Crippen molar-refractivity contribution >= 4 is 10.9 Å². The van der Waals surface area contributed by atoms with E-state index < -0.39 is 0 Å². The molecule has 0 fully saturated rings. The van der Waals surface area contributed by atoms with E-state index in [2.05, 4.69) is 10.1 Å². The van der Waals surface area contributed by atoms with Crippen LogP contribution in [0, 0.1) is 0 Å². The number of aryl methyl sites for hydroxylation is 1. The zero-order chi connectivity index (χ0) is 12.5. The molecule has 1 aromatic carbocycles.